The zero-order chi connectivity index (χ0) is 39.7. The molecule has 0 saturated heterocycles. The van der Waals surface area contributed by atoms with Gasteiger partial charge in [0.2, 0.25) is 17.7 Å². The molecule has 10 N–H and O–H groups in total. The summed E-state index contributed by atoms with van der Waals surface area (Å²) in [6.45, 7) is 4.32. The number of amides is 4. The van der Waals surface area contributed by atoms with Gasteiger partial charge >= 0.3 is 11.9 Å². The number of carboxylic acids is 2. The molecule has 0 aliphatic heterocycles. The number of ketones is 1. The third-order valence-corrected chi connectivity index (χ3v) is 11.1. The number of aliphatic imine (C=N–C) groups is 1. The maximum atomic E-state index is 13.2. The van der Waals surface area contributed by atoms with E-state index < -0.39 is 79.2 Å². The number of carbonyl (C=O) groups is 7. The molecular formula is C37H53N7O10. The Morgan fingerprint density at radius 3 is 2.35 bits per heavy atom. The summed E-state index contributed by atoms with van der Waals surface area (Å²) in [7, 11) is 0. The number of rotatable bonds is 18. The second-order valence-electron chi connectivity index (χ2n) is 15.1. The molecule has 0 radical (unpaired) electrons. The molecule has 4 amide bonds. The highest BCUT2D eigenvalue weighted by Gasteiger charge is 2.54. The predicted octanol–water partition coefficient (Wildman–Crippen LogP) is 0.330. The van der Waals surface area contributed by atoms with Crippen LogP contribution in [0.5, 0.6) is 5.75 Å². The molecule has 2 saturated carbocycles. The van der Waals surface area contributed by atoms with Crippen molar-refractivity contribution < 1.29 is 48.5 Å². The second kappa shape index (κ2) is 18.2. The van der Waals surface area contributed by atoms with Gasteiger partial charge in [-0.05, 0) is 91.9 Å². The van der Waals surface area contributed by atoms with Gasteiger partial charge in [0, 0.05) is 18.4 Å². The van der Waals surface area contributed by atoms with Gasteiger partial charge in [-0.3, -0.25) is 33.8 Å². The number of nitrogens with one attached hydrogen (secondary N) is 4. The first kappa shape index (κ1) is 41.5. The Morgan fingerprint density at radius 2 is 1.69 bits per heavy atom. The molecular weight excluding hydrogens is 702 g/mol. The first-order valence-corrected chi connectivity index (χ1v) is 18.5. The van der Waals surface area contributed by atoms with Crippen LogP contribution in [0.3, 0.4) is 0 Å². The molecule has 0 unspecified atom stereocenters. The van der Waals surface area contributed by atoms with E-state index in [9.17, 15) is 43.8 Å². The maximum Gasteiger partial charge on any atom is 0.326 e. The molecule has 17 nitrogen and oxygen atoms in total. The fourth-order valence-corrected chi connectivity index (χ4v) is 8.26. The van der Waals surface area contributed by atoms with Crippen LogP contribution in [0.25, 0.3) is 0 Å². The number of guanidine groups is 1. The molecule has 4 rings (SSSR count). The van der Waals surface area contributed by atoms with Gasteiger partial charge in [-0.1, -0.05) is 26.8 Å². The van der Waals surface area contributed by atoms with Gasteiger partial charge in [-0.15, -0.1) is 0 Å². The number of benzene rings is 1. The van der Waals surface area contributed by atoms with Crippen molar-refractivity contribution >= 4 is 47.3 Å². The Labute approximate surface area is 313 Å². The third-order valence-electron chi connectivity index (χ3n) is 11.1. The van der Waals surface area contributed by atoms with Crippen molar-refractivity contribution in [3.8, 4) is 5.75 Å². The summed E-state index contributed by atoms with van der Waals surface area (Å²) in [5, 5.41) is 28.1. The van der Waals surface area contributed by atoms with Gasteiger partial charge < -0.3 is 47.7 Å². The molecule has 0 spiro atoms. The number of hydrogen-bond donors (Lipinski definition) is 8. The summed E-state index contributed by atoms with van der Waals surface area (Å²) in [6, 6.07) is 1.76. The monoisotopic (exact) mass is 755 g/mol. The first-order chi connectivity index (χ1) is 25.5. The van der Waals surface area contributed by atoms with Crippen LogP contribution in [0.15, 0.2) is 23.2 Å². The van der Waals surface area contributed by atoms with E-state index in [1.54, 1.807) is 13.8 Å². The van der Waals surface area contributed by atoms with Crippen LogP contribution in [0, 0.1) is 23.2 Å². The number of nitrogens with zero attached hydrogens (tertiary/aromatic N) is 1. The fraction of sp³-hybridized carbons (Fsp3) is 0.622. The van der Waals surface area contributed by atoms with E-state index in [0.717, 1.165) is 32.1 Å². The SMILES string of the molecule is CC(C)[C@H](NC(=O)[C@@H](CC(=O)O)NC(=O)CNC(=O)[C@H](CCCN=C(N)N)NC(=O)COc1ccc2c(c1)CC[C@@H]1[C@@H]2CC[C@]2(C)C(=O)CC[C@@H]12)C(=O)O. The van der Waals surface area contributed by atoms with Crippen LogP contribution in [-0.2, 0) is 40.0 Å². The van der Waals surface area contributed by atoms with E-state index in [4.69, 9.17) is 16.2 Å². The molecule has 7 atom stereocenters. The number of aryl methyl sites for hydroxylation is 1. The number of aliphatic carboxylic acids is 2. The molecule has 3 aliphatic carbocycles. The highest BCUT2D eigenvalue weighted by Crippen LogP contribution is 2.59. The van der Waals surface area contributed by atoms with Gasteiger partial charge in [0.15, 0.2) is 12.6 Å². The Bertz CT molecular complexity index is 1640. The number of Topliss-reactive ketones (excluding diaryl/α,β-unsaturated/α-hetero) is 1. The van der Waals surface area contributed by atoms with E-state index in [1.807, 2.05) is 12.1 Å². The molecule has 3 aliphatic rings. The molecule has 1 aromatic carbocycles. The lowest BCUT2D eigenvalue weighted by molar-refractivity contribution is -0.144. The van der Waals surface area contributed by atoms with Crippen molar-refractivity contribution in [1.82, 2.24) is 21.3 Å². The minimum Gasteiger partial charge on any atom is -0.484 e. The van der Waals surface area contributed by atoms with E-state index >= 15 is 0 Å². The number of fused-ring (bicyclic) bond motifs is 5. The quantitative estimate of drug-likeness (QED) is 0.0572. The van der Waals surface area contributed by atoms with Crippen molar-refractivity contribution in [1.29, 1.82) is 0 Å². The van der Waals surface area contributed by atoms with E-state index in [2.05, 4.69) is 39.2 Å². The van der Waals surface area contributed by atoms with E-state index in [-0.39, 0.29) is 30.8 Å². The van der Waals surface area contributed by atoms with Crippen LogP contribution in [0.4, 0.5) is 0 Å². The zero-order valence-corrected chi connectivity index (χ0v) is 31.0. The molecule has 1 aromatic rings. The highest BCUT2D eigenvalue weighted by molar-refractivity contribution is 5.95. The van der Waals surface area contributed by atoms with Crippen molar-refractivity contribution in [2.24, 2.45) is 39.6 Å². The van der Waals surface area contributed by atoms with Gasteiger partial charge in [-0.2, -0.15) is 0 Å². The zero-order valence-electron chi connectivity index (χ0n) is 31.0. The molecule has 0 heterocycles. The average molecular weight is 756 g/mol. The Hall–Kier alpha value is -5.22. The van der Waals surface area contributed by atoms with Crippen molar-refractivity contribution in [2.75, 3.05) is 19.7 Å². The van der Waals surface area contributed by atoms with Gasteiger partial charge in [0.05, 0.1) is 13.0 Å². The minimum absolute atomic E-state index is 0.0822. The summed E-state index contributed by atoms with van der Waals surface area (Å²) in [5.74, 6) is -4.53. The lowest BCUT2D eigenvalue weighted by Gasteiger charge is -2.48. The van der Waals surface area contributed by atoms with Crippen molar-refractivity contribution in [2.45, 2.75) is 103 Å². The molecule has 2 fully saturated rings. The van der Waals surface area contributed by atoms with Crippen LogP contribution in [-0.4, -0.2) is 95.3 Å². The standard InChI is InChI=1S/C37H53N7O10/c1-19(2)32(35(52)53)44-34(51)27(16-31(48)49)43-29(46)17-41-33(50)26(5-4-14-40-36(38)39)42-30(47)18-54-21-7-9-22-20(15-21)6-8-24-23(22)12-13-37(3)25(24)10-11-28(37)45/h7,9,15,19,23-27,32H,4-6,8,10-14,16-18H2,1-3H3,(H,41,50)(H,42,47)(H,43,46)(H,44,51)(H,48,49)(H,52,53)(H4,38,39,40)/t23-,24-,25+,26+,27-,32+,37+/m1/s1. The van der Waals surface area contributed by atoms with E-state index in [1.165, 1.54) is 11.1 Å². The number of carbonyl (C=O) groups excluding carboxylic acids is 5. The predicted molar refractivity (Wildman–Crippen MR) is 195 cm³/mol. The average Bonchev–Trinajstić information content (AvgIpc) is 3.42. The lowest BCUT2D eigenvalue weighted by atomic mass is 9.55. The number of ether oxygens (including phenoxy) is 1. The van der Waals surface area contributed by atoms with Gasteiger partial charge in [-0.25, -0.2) is 4.79 Å². The largest absolute Gasteiger partial charge is 0.484 e. The molecule has 17 heteroatoms. The third kappa shape index (κ3) is 10.5. The van der Waals surface area contributed by atoms with E-state index in [0.29, 0.717) is 35.7 Å². The number of carboxylic acid groups (broad SMARTS) is 2. The van der Waals surface area contributed by atoms with Crippen molar-refractivity contribution in [3.05, 3.63) is 29.3 Å². The smallest absolute Gasteiger partial charge is 0.326 e. The maximum absolute atomic E-state index is 13.2. The normalized spacial score (nSPS) is 23.0. The Kier molecular flexibility index (Phi) is 14.0. The summed E-state index contributed by atoms with van der Waals surface area (Å²) in [5.41, 5.74) is 13.0. The topological polar surface area (TPSA) is 282 Å². The highest BCUT2D eigenvalue weighted by atomic mass is 16.5. The first-order valence-electron chi connectivity index (χ1n) is 18.5. The summed E-state index contributed by atoms with van der Waals surface area (Å²) in [6.07, 6.45) is 4.89. The number of nitrogens with two attached hydrogens (primary N) is 2. The van der Waals surface area contributed by atoms with Gasteiger partial charge in [0.25, 0.3) is 5.91 Å². The minimum atomic E-state index is -1.62. The van der Waals surface area contributed by atoms with Crippen LogP contribution in [0.1, 0.15) is 89.2 Å². The molecule has 0 aromatic heterocycles. The van der Waals surface area contributed by atoms with Crippen molar-refractivity contribution in [3.63, 3.8) is 0 Å². The van der Waals surface area contributed by atoms with Crippen LogP contribution >= 0.6 is 0 Å². The Balaban J connectivity index is 1.33. The van der Waals surface area contributed by atoms with Gasteiger partial charge in [0.1, 0.15) is 29.7 Å². The Morgan fingerprint density at radius 1 is 0.963 bits per heavy atom. The summed E-state index contributed by atoms with van der Waals surface area (Å²) >= 11 is 0. The van der Waals surface area contributed by atoms with Crippen LogP contribution in [0.2, 0.25) is 0 Å². The lowest BCUT2D eigenvalue weighted by Crippen LogP contribution is -2.55. The molecule has 0 bridgehead atoms. The summed E-state index contributed by atoms with van der Waals surface area (Å²) < 4.78 is 5.83. The fourth-order valence-electron chi connectivity index (χ4n) is 8.26. The number of hydrogen-bond acceptors (Lipinski definition) is 9. The molecule has 54 heavy (non-hydrogen) atoms. The second-order valence-corrected chi connectivity index (χ2v) is 15.1. The summed E-state index contributed by atoms with van der Waals surface area (Å²) in [4.78, 5) is 91.1. The van der Waals surface area contributed by atoms with Crippen LogP contribution < -0.4 is 37.5 Å². The molecule has 296 valence electrons.